The molecule has 0 radical (unpaired) electrons. The highest BCUT2D eigenvalue weighted by Gasteiger charge is 2.24. The van der Waals surface area contributed by atoms with Gasteiger partial charge in [-0.2, -0.15) is 0 Å². The summed E-state index contributed by atoms with van der Waals surface area (Å²) in [6.07, 6.45) is 1.99. The minimum atomic E-state index is -0.0260. The molecule has 1 amide bonds. The summed E-state index contributed by atoms with van der Waals surface area (Å²) in [6, 6.07) is 9.28. The van der Waals surface area contributed by atoms with Gasteiger partial charge in [0.2, 0.25) is 0 Å². The van der Waals surface area contributed by atoms with E-state index in [2.05, 4.69) is 20.5 Å². The van der Waals surface area contributed by atoms with Crippen LogP contribution in [-0.2, 0) is 4.74 Å². The summed E-state index contributed by atoms with van der Waals surface area (Å²) in [7, 11) is 3.56. The molecule has 0 bridgehead atoms. The van der Waals surface area contributed by atoms with Crippen LogP contribution in [-0.4, -0.2) is 63.7 Å². The molecule has 1 heterocycles. The normalized spacial score (nSPS) is 17.8. The molecule has 0 aliphatic carbocycles. The Balaban J connectivity index is 1.63. The Labute approximate surface area is 144 Å². The molecular weight excluding hydrogens is 304 g/mol. The molecule has 1 aromatic carbocycles. The summed E-state index contributed by atoms with van der Waals surface area (Å²) in [4.78, 5) is 18.5. The minimum absolute atomic E-state index is 0.0260. The van der Waals surface area contributed by atoms with Gasteiger partial charge in [0.1, 0.15) is 0 Å². The fraction of sp³-hybridized carbons (Fsp3) is 0.556. The number of methoxy groups -OCH3 is 1. The number of amides is 1. The van der Waals surface area contributed by atoms with E-state index in [4.69, 9.17) is 4.74 Å². The molecule has 1 unspecified atom stereocenters. The van der Waals surface area contributed by atoms with Gasteiger partial charge in [0, 0.05) is 51.8 Å². The predicted octanol–water partition coefficient (Wildman–Crippen LogP) is 1.35. The van der Waals surface area contributed by atoms with E-state index in [1.54, 1.807) is 7.11 Å². The molecule has 2 rings (SSSR count). The van der Waals surface area contributed by atoms with Gasteiger partial charge in [-0.3, -0.25) is 9.79 Å². The number of guanidine groups is 1. The van der Waals surface area contributed by atoms with E-state index in [0.717, 1.165) is 45.0 Å². The van der Waals surface area contributed by atoms with Crippen molar-refractivity contribution in [3.05, 3.63) is 35.9 Å². The number of likely N-dealkylation sites (tertiary alicyclic amines) is 1. The van der Waals surface area contributed by atoms with Crippen LogP contribution in [0.4, 0.5) is 0 Å². The van der Waals surface area contributed by atoms with Crippen molar-refractivity contribution in [3.8, 4) is 0 Å². The van der Waals surface area contributed by atoms with Crippen LogP contribution in [0.1, 0.15) is 23.2 Å². The van der Waals surface area contributed by atoms with Gasteiger partial charge in [0.15, 0.2) is 5.96 Å². The third-order valence-electron chi connectivity index (χ3n) is 4.16. The van der Waals surface area contributed by atoms with E-state index in [0.29, 0.717) is 18.0 Å². The molecule has 1 fully saturated rings. The maximum Gasteiger partial charge on any atom is 0.251 e. The lowest BCUT2D eigenvalue weighted by molar-refractivity contribution is 0.0953. The summed E-state index contributed by atoms with van der Waals surface area (Å²) < 4.78 is 5.23. The monoisotopic (exact) mass is 332 g/mol. The Morgan fingerprint density at radius 1 is 1.29 bits per heavy atom. The third-order valence-corrected chi connectivity index (χ3v) is 4.16. The molecule has 1 saturated heterocycles. The second-order valence-electron chi connectivity index (χ2n) is 6.01. The molecule has 1 aromatic rings. The first kappa shape index (κ1) is 18.3. The first-order chi connectivity index (χ1) is 11.7. The molecule has 2 N–H and O–H groups in total. The number of rotatable bonds is 7. The minimum Gasteiger partial charge on any atom is -0.384 e. The Hall–Kier alpha value is -2.08. The number of nitrogens with zero attached hydrogens (tertiary/aromatic N) is 2. The van der Waals surface area contributed by atoms with E-state index in [-0.39, 0.29) is 5.91 Å². The standard InChI is InChI=1S/C18H28N4O2/c1-19-18(22-12-9-15(13-22)14-24-2)21-11-6-10-20-17(23)16-7-4-3-5-8-16/h3-5,7-8,15H,6,9-14H2,1-2H3,(H,19,21)(H,20,23). The Morgan fingerprint density at radius 2 is 2.04 bits per heavy atom. The third kappa shape index (κ3) is 5.53. The Morgan fingerprint density at radius 3 is 2.75 bits per heavy atom. The van der Waals surface area contributed by atoms with Gasteiger partial charge in [0.05, 0.1) is 6.61 Å². The van der Waals surface area contributed by atoms with Crippen LogP contribution in [0.25, 0.3) is 0 Å². The van der Waals surface area contributed by atoms with Crippen molar-refractivity contribution in [3.63, 3.8) is 0 Å². The number of hydrogen-bond acceptors (Lipinski definition) is 3. The van der Waals surface area contributed by atoms with Crippen LogP contribution in [0.15, 0.2) is 35.3 Å². The SMILES string of the molecule is CN=C(NCCCNC(=O)c1ccccc1)N1CCC(COC)C1. The number of hydrogen-bond donors (Lipinski definition) is 2. The zero-order valence-electron chi connectivity index (χ0n) is 14.6. The van der Waals surface area contributed by atoms with Crippen LogP contribution in [0, 0.1) is 5.92 Å². The highest BCUT2D eigenvalue weighted by molar-refractivity contribution is 5.94. The summed E-state index contributed by atoms with van der Waals surface area (Å²) in [6.45, 7) is 4.23. The van der Waals surface area contributed by atoms with Gasteiger partial charge in [-0.1, -0.05) is 18.2 Å². The molecule has 0 saturated carbocycles. The van der Waals surface area contributed by atoms with Crippen molar-refractivity contribution < 1.29 is 9.53 Å². The second kappa shape index (κ2) is 9.93. The number of benzene rings is 1. The van der Waals surface area contributed by atoms with Crippen LogP contribution in [0.3, 0.4) is 0 Å². The zero-order chi connectivity index (χ0) is 17.2. The van der Waals surface area contributed by atoms with E-state index >= 15 is 0 Å². The zero-order valence-corrected chi connectivity index (χ0v) is 14.6. The van der Waals surface area contributed by atoms with Gasteiger partial charge in [-0.25, -0.2) is 0 Å². The van der Waals surface area contributed by atoms with Crippen LogP contribution < -0.4 is 10.6 Å². The van der Waals surface area contributed by atoms with Crippen molar-refractivity contribution in [2.24, 2.45) is 10.9 Å². The number of aliphatic imine (C=N–C) groups is 1. The maximum absolute atomic E-state index is 11.9. The molecule has 6 heteroatoms. The molecule has 0 aromatic heterocycles. The van der Waals surface area contributed by atoms with Gasteiger partial charge >= 0.3 is 0 Å². The fourth-order valence-corrected chi connectivity index (χ4v) is 2.91. The van der Waals surface area contributed by atoms with E-state index in [9.17, 15) is 4.79 Å². The van der Waals surface area contributed by atoms with Crippen molar-refractivity contribution in [2.75, 3.05) is 46.9 Å². The van der Waals surface area contributed by atoms with Crippen LogP contribution in [0.5, 0.6) is 0 Å². The van der Waals surface area contributed by atoms with Crippen molar-refractivity contribution in [1.82, 2.24) is 15.5 Å². The molecule has 24 heavy (non-hydrogen) atoms. The van der Waals surface area contributed by atoms with Crippen molar-refractivity contribution in [1.29, 1.82) is 0 Å². The lowest BCUT2D eigenvalue weighted by Gasteiger charge is -2.21. The fourth-order valence-electron chi connectivity index (χ4n) is 2.91. The van der Waals surface area contributed by atoms with Crippen molar-refractivity contribution >= 4 is 11.9 Å². The van der Waals surface area contributed by atoms with E-state index in [1.165, 1.54) is 0 Å². The molecule has 6 nitrogen and oxygen atoms in total. The van der Waals surface area contributed by atoms with E-state index < -0.39 is 0 Å². The average Bonchev–Trinajstić information content (AvgIpc) is 3.07. The van der Waals surface area contributed by atoms with Gasteiger partial charge in [0.25, 0.3) is 5.91 Å². The summed E-state index contributed by atoms with van der Waals surface area (Å²) in [5, 5.41) is 6.31. The lowest BCUT2D eigenvalue weighted by atomic mass is 10.1. The topological polar surface area (TPSA) is 66.0 Å². The first-order valence-electron chi connectivity index (χ1n) is 8.52. The quantitative estimate of drug-likeness (QED) is 0.449. The molecular formula is C18H28N4O2. The second-order valence-corrected chi connectivity index (χ2v) is 6.01. The number of nitrogens with one attached hydrogen (secondary N) is 2. The average molecular weight is 332 g/mol. The van der Waals surface area contributed by atoms with E-state index in [1.807, 2.05) is 37.4 Å². The van der Waals surface area contributed by atoms with Crippen LogP contribution in [0.2, 0.25) is 0 Å². The molecule has 1 aliphatic rings. The van der Waals surface area contributed by atoms with Gasteiger partial charge in [-0.05, 0) is 25.0 Å². The Kier molecular flexibility index (Phi) is 7.55. The number of ether oxygens (including phenoxy) is 1. The van der Waals surface area contributed by atoms with Gasteiger partial charge in [-0.15, -0.1) is 0 Å². The molecule has 1 aliphatic heterocycles. The van der Waals surface area contributed by atoms with Crippen LogP contribution >= 0.6 is 0 Å². The number of carbonyl (C=O) groups excluding carboxylic acids is 1. The highest BCUT2D eigenvalue weighted by atomic mass is 16.5. The molecule has 1 atom stereocenters. The lowest BCUT2D eigenvalue weighted by Crippen LogP contribution is -2.41. The smallest absolute Gasteiger partial charge is 0.251 e. The summed E-state index contributed by atoms with van der Waals surface area (Å²) >= 11 is 0. The number of carbonyl (C=O) groups is 1. The van der Waals surface area contributed by atoms with Gasteiger partial charge < -0.3 is 20.3 Å². The highest BCUT2D eigenvalue weighted by Crippen LogP contribution is 2.16. The predicted molar refractivity (Wildman–Crippen MR) is 96.3 cm³/mol. The summed E-state index contributed by atoms with van der Waals surface area (Å²) in [5.74, 6) is 1.49. The molecule has 0 spiro atoms. The largest absolute Gasteiger partial charge is 0.384 e. The summed E-state index contributed by atoms with van der Waals surface area (Å²) in [5.41, 5.74) is 0.697. The maximum atomic E-state index is 11.9. The van der Waals surface area contributed by atoms with Crippen molar-refractivity contribution in [2.45, 2.75) is 12.8 Å². The Bertz CT molecular complexity index is 533. The molecule has 132 valence electrons. The first-order valence-corrected chi connectivity index (χ1v) is 8.52.